The average Bonchev–Trinajstić information content (AvgIpc) is 3.74. The van der Waals surface area contributed by atoms with Crippen LogP contribution in [0, 0.1) is 49.0 Å². The van der Waals surface area contributed by atoms with Crippen molar-refractivity contribution in [3.05, 3.63) is 81.6 Å². The highest BCUT2D eigenvalue weighted by atomic mass is 32.2. The lowest BCUT2D eigenvalue weighted by Crippen LogP contribution is -2.68. The molecule has 0 spiro atoms. The summed E-state index contributed by atoms with van der Waals surface area (Å²) in [5.74, 6) is -0.214. The molecule has 3 N–H and O–H groups in total. The molecule has 3 saturated carbocycles. The van der Waals surface area contributed by atoms with Gasteiger partial charge in [-0.3, -0.25) is 19.8 Å². The van der Waals surface area contributed by atoms with Crippen molar-refractivity contribution in [1.82, 2.24) is 19.6 Å². The molecular formula is C51H63N9O7S. The van der Waals surface area contributed by atoms with Gasteiger partial charge in [-0.15, -0.1) is 0 Å². The molecule has 360 valence electrons. The Kier molecular flexibility index (Phi) is 11.6. The number of allylic oxidation sites excluding steroid dienone is 1. The van der Waals surface area contributed by atoms with Gasteiger partial charge in [0, 0.05) is 75.8 Å². The number of rotatable bonds is 13. The topological polar surface area (TPSA) is 199 Å². The number of nitro groups is 1. The zero-order chi connectivity index (χ0) is 47.8. The highest BCUT2D eigenvalue weighted by Crippen LogP contribution is 2.82. The summed E-state index contributed by atoms with van der Waals surface area (Å²) in [7, 11) is -4.57. The molecule has 2 saturated heterocycles. The van der Waals surface area contributed by atoms with Gasteiger partial charge in [0.25, 0.3) is 21.6 Å². The number of nitrogens with one attached hydrogen (secondary N) is 3. The SMILES string of the molecule is C[C@@H]1CN(c2cc(N3CCN(CC4=C(C56CC(C(C)(C)C#N)(C5)C6)CC(C)(C)CC4)CC3)ccc2C(=O)NS(=O)(=O)c2ccc(NCC3CCOCC3)c([N+](=O)[O-])c2)c2cc3cc[nH]c3nc2O1. The third-order valence-corrected chi connectivity index (χ3v) is 17.6. The molecule has 4 aromatic rings. The zero-order valence-corrected chi connectivity index (χ0v) is 40.6. The second kappa shape index (κ2) is 17.1. The maximum Gasteiger partial charge on any atom is 0.293 e. The van der Waals surface area contributed by atoms with Crippen LogP contribution in [0.4, 0.5) is 28.4 Å². The van der Waals surface area contributed by atoms with E-state index < -0.39 is 31.4 Å². The van der Waals surface area contributed by atoms with Gasteiger partial charge in [0.05, 0.1) is 39.1 Å². The van der Waals surface area contributed by atoms with Crippen molar-refractivity contribution >= 4 is 55.4 Å². The summed E-state index contributed by atoms with van der Waals surface area (Å²) in [6, 6.07) is 15.6. The fourth-order valence-electron chi connectivity index (χ4n) is 12.0. The first-order valence-corrected chi connectivity index (χ1v) is 25.7. The minimum atomic E-state index is -4.57. The number of H-pyrrole nitrogens is 1. The lowest BCUT2D eigenvalue weighted by molar-refractivity contribution is -0.384. The Morgan fingerprint density at radius 1 is 1.04 bits per heavy atom. The summed E-state index contributed by atoms with van der Waals surface area (Å²) in [5, 5.41) is 26.2. The second-order valence-corrected chi connectivity index (χ2v) is 23.5. The van der Waals surface area contributed by atoms with Gasteiger partial charge in [-0.1, -0.05) is 25.0 Å². The van der Waals surface area contributed by atoms with Crippen LogP contribution in [0.25, 0.3) is 11.0 Å². The molecule has 11 rings (SSSR count). The Bertz CT molecular complexity index is 2830. The summed E-state index contributed by atoms with van der Waals surface area (Å²) in [6.45, 7) is 17.3. The molecule has 7 aliphatic rings. The first kappa shape index (κ1) is 46.1. The van der Waals surface area contributed by atoms with Crippen LogP contribution in [0.5, 0.6) is 5.88 Å². The molecule has 16 nitrogen and oxygen atoms in total. The number of pyridine rings is 1. The third-order valence-electron chi connectivity index (χ3n) is 16.3. The lowest BCUT2D eigenvalue weighted by Gasteiger charge is -2.76. The number of piperazine rings is 1. The van der Waals surface area contributed by atoms with E-state index in [2.05, 4.69) is 58.6 Å². The summed E-state index contributed by atoms with van der Waals surface area (Å²) in [6.07, 6.45) is 9.94. The van der Waals surface area contributed by atoms with E-state index in [9.17, 15) is 28.6 Å². The van der Waals surface area contributed by atoms with Gasteiger partial charge in [-0.25, -0.2) is 13.1 Å². The van der Waals surface area contributed by atoms with Crippen LogP contribution in [-0.4, -0.2) is 99.2 Å². The van der Waals surface area contributed by atoms with Gasteiger partial charge >= 0.3 is 0 Å². The van der Waals surface area contributed by atoms with Gasteiger partial charge < -0.3 is 29.6 Å². The van der Waals surface area contributed by atoms with Crippen LogP contribution in [0.15, 0.2) is 70.8 Å². The molecule has 2 bridgehead atoms. The van der Waals surface area contributed by atoms with Gasteiger partial charge in [0.2, 0.25) is 5.88 Å². The maximum atomic E-state index is 14.4. The number of sulfonamides is 1. The Labute approximate surface area is 398 Å². The van der Waals surface area contributed by atoms with E-state index in [0.717, 1.165) is 94.8 Å². The van der Waals surface area contributed by atoms with Crippen molar-refractivity contribution in [3.63, 3.8) is 0 Å². The minimum Gasteiger partial charge on any atom is -0.471 e. The molecule has 0 unspecified atom stereocenters. The number of nitro benzene ring substituents is 1. The standard InChI is InChI=1S/C51H63N9O7S/c1-33-27-59(44-22-35-11-15-53-45(35)55-47(44)67-33)42-23-37(6-8-39(42)46(61)56-68(64,65)38-7-9-41(43(24-38)60(62)63)54-26-34-12-20-66-21-13-34)58-18-16-57(17-19-58)28-36-10-14-48(2,3)25-40(36)50-29-51(30-50,31-50)49(4,5)32-52/h6-9,11,15,22-24,33-34,54H,10,12-14,16-21,25-31H2,1-5H3,(H,53,55)(H,56,61)/t33-,50?,51?/m1/s1. The number of hydrogen-bond acceptors (Lipinski definition) is 13. The molecule has 0 radical (unpaired) electrons. The van der Waals surface area contributed by atoms with Crippen molar-refractivity contribution < 1.29 is 27.6 Å². The number of aromatic amines is 1. The van der Waals surface area contributed by atoms with E-state index in [-0.39, 0.29) is 44.9 Å². The number of anilines is 4. The van der Waals surface area contributed by atoms with E-state index in [4.69, 9.17) is 14.5 Å². The van der Waals surface area contributed by atoms with Crippen LogP contribution < -0.4 is 24.6 Å². The molecule has 1 atom stereocenters. The number of carbonyl (C=O) groups is 1. The quantitative estimate of drug-likeness (QED) is 0.0654. The maximum absolute atomic E-state index is 14.4. The van der Waals surface area contributed by atoms with Crippen LogP contribution in [-0.2, 0) is 14.8 Å². The number of amides is 1. The zero-order valence-electron chi connectivity index (χ0n) is 39.8. The van der Waals surface area contributed by atoms with Crippen LogP contribution in [0.2, 0.25) is 0 Å². The fraction of sp³-hybridized carbons (Fsp3) is 0.549. The van der Waals surface area contributed by atoms with E-state index in [1.165, 1.54) is 18.6 Å². The van der Waals surface area contributed by atoms with Crippen molar-refractivity contribution in [2.75, 3.05) is 74.1 Å². The number of benzene rings is 2. The molecule has 2 aromatic heterocycles. The third kappa shape index (κ3) is 8.36. The number of fused-ring (bicyclic) bond motifs is 2. The number of ether oxygens (including phenoxy) is 2. The molecule has 1 amide bonds. The largest absolute Gasteiger partial charge is 0.471 e. The van der Waals surface area contributed by atoms with Gasteiger partial charge in [-0.2, -0.15) is 10.2 Å². The molecule has 4 aliphatic carbocycles. The van der Waals surface area contributed by atoms with Crippen molar-refractivity contribution in [2.45, 2.75) is 97.0 Å². The van der Waals surface area contributed by atoms with E-state index in [0.29, 0.717) is 49.2 Å². The number of carbonyl (C=O) groups excluding carboxylic acids is 1. The fourth-order valence-corrected chi connectivity index (χ4v) is 13.0. The molecule has 17 heteroatoms. The predicted molar refractivity (Wildman–Crippen MR) is 261 cm³/mol. The predicted octanol–water partition coefficient (Wildman–Crippen LogP) is 8.70. The average molecular weight is 946 g/mol. The molecule has 2 aromatic carbocycles. The van der Waals surface area contributed by atoms with Crippen LogP contribution in [0.1, 0.15) is 96.3 Å². The monoisotopic (exact) mass is 945 g/mol. The summed E-state index contributed by atoms with van der Waals surface area (Å²) >= 11 is 0. The summed E-state index contributed by atoms with van der Waals surface area (Å²) in [4.78, 5) is 40.4. The smallest absolute Gasteiger partial charge is 0.293 e. The highest BCUT2D eigenvalue weighted by molar-refractivity contribution is 7.90. The van der Waals surface area contributed by atoms with Gasteiger partial charge in [-0.05, 0) is 137 Å². The van der Waals surface area contributed by atoms with Gasteiger partial charge in [0.1, 0.15) is 23.1 Å². The molecular weight excluding hydrogens is 883 g/mol. The lowest BCUT2D eigenvalue weighted by atomic mass is 9.27. The molecule has 3 aliphatic heterocycles. The number of nitrogens with zero attached hydrogens (tertiary/aromatic N) is 6. The van der Waals surface area contributed by atoms with E-state index in [1.807, 2.05) is 36.1 Å². The Morgan fingerprint density at radius 2 is 1.79 bits per heavy atom. The van der Waals surface area contributed by atoms with E-state index in [1.54, 1.807) is 23.4 Å². The van der Waals surface area contributed by atoms with Crippen molar-refractivity contribution in [1.29, 1.82) is 5.26 Å². The summed E-state index contributed by atoms with van der Waals surface area (Å²) < 4.78 is 41.9. The van der Waals surface area contributed by atoms with Gasteiger partial charge in [0.15, 0.2) is 0 Å². The van der Waals surface area contributed by atoms with Crippen molar-refractivity contribution in [2.24, 2.45) is 27.6 Å². The molecule has 5 heterocycles. The Balaban J connectivity index is 0.906. The summed E-state index contributed by atoms with van der Waals surface area (Å²) in [5.41, 5.74) is 6.25. The van der Waals surface area contributed by atoms with Crippen LogP contribution in [0.3, 0.4) is 0 Å². The molecule has 68 heavy (non-hydrogen) atoms. The second-order valence-electron chi connectivity index (χ2n) is 21.8. The first-order valence-electron chi connectivity index (χ1n) is 24.2. The number of nitriles is 1. The number of hydrogen-bond donors (Lipinski definition) is 3. The van der Waals surface area contributed by atoms with Crippen molar-refractivity contribution in [3.8, 4) is 11.9 Å². The normalized spacial score (nSPS) is 25.1. The van der Waals surface area contributed by atoms with E-state index >= 15 is 0 Å². The minimum absolute atomic E-state index is 0.114. The highest BCUT2D eigenvalue weighted by Gasteiger charge is 2.74. The van der Waals surface area contributed by atoms with Crippen LogP contribution >= 0.6 is 0 Å². The first-order chi connectivity index (χ1) is 32.4. The molecule has 5 fully saturated rings. The Hall–Kier alpha value is -5.70. The Morgan fingerprint density at radius 3 is 2.51 bits per heavy atom. The number of aromatic nitrogens is 2.